The normalized spacial score (nSPS) is 12.8. The molecule has 0 aliphatic carbocycles. The molecule has 0 saturated carbocycles. The molecule has 1 aromatic rings. The second-order valence-corrected chi connectivity index (χ2v) is 7.19. The van der Waals surface area contributed by atoms with Gasteiger partial charge in [-0.1, -0.05) is 20.8 Å². The van der Waals surface area contributed by atoms with E-state index in [1.165, 1.54) is 11.3 Å². The van der Waals surface area contributed by atoms with Crippen LogP contribution in [0.25, 0.3) is 0 Å². The maximum atomic E-state index is 11.7. The number of carbonyl (C=O) groups is 2. The van der Waals surface area contributed by atoms with Gasteiger partial charge in [0.05, 0.1) is 12.5 Å². The maximum absolute atomic E-state index is 11.7. The largest absolute Gasteiger partial charge is 0.481 e. The fourth-order valence-corrected chi connectivity index (χ4v) is 2.62. The Hall–Kier alpha value is -1.63. The summed E-state index contributed by atoms with van der Waals surface area (Å²) in [5, 5.41) is 17.2. The topological polar surface area (TPSA) is 91.3 Å². The molecule has 3 N–H and O–H groups in total. The Kier molecular flexibility index (Phi) is 6.14. The van der Waals surface area contributed by atoms with Crippen LogP contribution in [-0.4, -0.2) is 28.6 Å². The van der Waals surface area contributed by atoms with Crippen LogP contribution in [-0.2, 0) is 11.3 Å². The minimum atomic E-state index is -0.888. The second kappa shape index (κ2) is 7.40. The Morgan fingerprint density at radius 2 is 2.05 bits per heavy atom. The summed E-state index contributed by atoms with van der Waals surface area (Å²) in [5.74, 6) is -1.47. The van der Waals surface area contributed by atoms with E-state index in [2.05, 4.69) is 15.6 Å². The van der Waals surface area contributed by atoms with Crippen molar-refractivity contribution in [3.63, 3.8) is 0 Å². The fourth-order valence-electron chi connectivity index (χ4n) is 1.90. The molecule has 0 aromatic carbocycles. The molecule has 21 heavy (non-hydrogen) atoms. The Bertz CT molecular complexity index is 494. The van der Waals surface area contributed by atoms with Crippen LogP contribution in [0.4, 0.5) is 4.79 Å². The van der Waals surface area contributed by atoms with Crippen molar-refractivity contribution in [3.8, 4) is 0 Å². The molecular weight excluding hydrogens is 290 g/mol. The second-order valence-electron chi connectivity index (χ2n) is 6.25. The van der Waals surface area contributed by atoms with Gasteiger partial charge in [0.2, 0.25) is 0 Å². The Morgan fingerprint density at radius 3 is 2.52 bits per heavy atom. The van der Waals surface area contributed by atoms with Gasteiger partial charge in [-0.05, 0) is 18.8 Å². The number of aromatic nitrogens is 1. The number of carboxylic acids is 1. The Morgan fingerprint density at radius 1 is 1.38 bits per heavy atom. The van der Waals surface area contributed by atoms with Crippen molar-refractivity contribution in [2.24, 2.45) is 11.3 Å². The summed E-state index contributed by atoms with van der Waals surface area (Å²) >= 11 is 1.48. The summed E-state index contributed by atoms with van der Waals surface area (Å²) in [6, 6.07) is -0.372. The first-order valence-corrected chi connectivity index (χ1v) is 7.71. The number of urea groups is 1. The van der Waals surface area contributed by atoms with Crippen LogP contribution in [0, 0.1) is 18.3 Å². The average Bonchev–Trinajstić information content (AvgIpc) is 2.76. The van der Waals surface area contributed by atoms with E-state index in [1.54, 1.807) is 0 Å². The number of aliphatic carboxylic acids is 1. The Labute approximate surface area is 129 Å². The van der Waals surface area contributed by atoms with E-state index < -0.39 is 11.9 Å². The molecule has 118 valence electrons. The molecule has 0 bridgehead atoms. The van der Waals surface area contributed by atoms with Gasteiger partial charge in [-0.15, -0.1) is 11.3 Å². The smallest absolute Gasteiger partial charge is 0.315 e. The van der Waals surface area contributed by atoms with E-state index in [1.807, 2.05) is 33.1 Å². The summed E-state index contributed by atoms with van der Waals surface area (Å²) in [6.07, 6.45) is 0.508. The van der Waals surface area contributed by atoms with Gasteiger partial charge in [-0.3, -0.25) is 4.79 Å². The first-order chi connectivity index (χ1) is 9.67. The number of nitrogens with zero attached hydrogens (tertiary/aromatic N) is 1. The monoisotopic (exact) mass is 313 g/mol. The number of hydrogen-bond donors (Lipinski definition) is 3. The van der Waals surface area contributed by atoms with Gasteiger partial charge in [0, 0.05) is 17.6 Å². The zero-order chi connectivity index (χ0) is 16.0. The molecule has 0 spiro atoms. The number of nitrogens with one attached hydrogen (secondary N) is 2. The molecule has 6 nitrogen and oxygen atoms in total. The van der Waals surface area contributed by atoms with Crippen LogP contribution < -0.4 is 10.6 Å². The van der Waals surface area contributed by atoms with Crippen LogP contribution in [0.15, 0.2) is 5.38 Å². The minimum Gasteiger partial charge on any atom is -0.481 e. The van der Waals surface area contributed by atoms with E-state index in [0.29, 0.717) is 13.0 Å². The molecule has 1 unspecified atom stereocenters. The Balaban J connectivity index is 2.37. The molecule has 1 heterocycles. The lowest BCUT2D eigenvalue weighted by Crippen LogP contribution is -2.40. The third kappa shape index (κ3) is 7.08. The lowest BCUT2D eigenvalue weighted by Gasteiger charge is -2.23. The first-order valence-electron chi connectivity index (χ1n) is 6.83. The zero-order valence-corrected chi connectivity index (χ0v) is 13.7. The molecule has 2 amide bonds. The van der Waals surface area contributed by atoms with Crippen molar-refractivity contribution in [1.82, 2.24) is 15.6 Å². The van der Waals surface area contributed by atoms with Crippen LogP contribution in [0.1, 0.15) is 37.9 Å². The zero-order valence-electron chi connectivity index (χ0n) is 12.9. The number of hydrogen-bond acceptors (Lipinski definition) is 4. The molecule has 0 aliphatic heterocycles. The van der Waals surface area contributed by atoms with Gasteiger partial charge in [-0.25, -0.2) is 9.78 Å². The van der Waals surface area contributed by atoms with Crippen LogP contribution >= 0.6 is 11.3 Å². The maximum Gasteiger partial charge on any atom is 0.315 e. The number of carboxylic acid groups (broad SMARTS) is 1. The van der Waals surface area contributed by atoms with Crippen molar-refractivity contribution in [1.29, 1.82) is 0 Å². The highest BCUT2D eigenvalue weighted by Crippen LogP contribution is 2.24. The van der Waals surface area contributed by atoms with Crippen LogP contribution in [0.3, 0.4) is 0 Å². The van der Waals surface area contributed by atoms with E-state index in [4.69, 9.17) is 0 Å². The molecule has 7 heteroatoms. The summed E-state index contributed by atoms with van der Waals surface area (Å²) in [7, 11) is 0. The third-order valence-electron chi connectivity index (χ3n) is 2.78. The van der Waals surface area contributed by atoms with E-state index >= 15 is 0 Å². The van der Waals surface area contributed by atoms with Crippen LogP contribution in [0.5, 0.6) is 0 Å². The highest BCUT2D eigenvalue weighted by Gasteiger charge is 2.24. The first kappa shape index (κ1) is 17.4. The summed E-state index contributed by atoms with van der Waals surface area (Å²) in [5.41, 5.74) is 0.827. The summed E-state index contributed by atoms with van der Waals surface area (Å²) < 4.78 is 0. The lowest BCUT2D eigenvalue weighted by atomic mass is 9.84. The number of aryl methyl sites for hydroxylation is 1. The lowest BCUT2D eigenvalue weighted by molar-refractivity contribution is -0.142. The van der Waals surface area contributed by atoms with Crippen molar-refractivity contribution in [2.75, 3.05) is 6.54 Å². The number of amides is 2. The predicted molar refractivity (Wildman–Crippen MR) is 82.3 cm³/mol. The van der Waals surface area contributed by atoms with Crippen molar-refractivity contribution >= 4 is 23.3 Å². The SMILES string of the molecule is Cc1csc(CNC(=O)NCC(CC(C)(C)C)C(=O)O)n1. The molecule has 1 atom stereocenters. The summed E-state index contributed by atoms with van der Waals surface area (Å²) in [4.78, 5) is 27.1. The molecule has 1 rings (SSSR count). The highest BCUT2D eigenvalue weighted by molar-refractivity contribution is 7.09. The van der Waals surface area contributed by atoms with E-state index in [-0.39, 0.29) is 18.0 Å². The van der Waals surface area contributed by atoms with Gasteiger partial charge in [0.25, 0.3) is 0 Å². The average molecular weight is 313 g/mol. The minimum absolute atomic E-state index is 0.0976. The third-order valence-corrected chi connectivity index (χ3v) is 3.75. The quantitative estimate of drug-likeness (QED) is 0.752. The van der Waals surface area contributed by atoms with Crippen molar-refractivity contribution in [3.05, 3.63) is 16.1 Å². The van der Waals surface area contributed by atoms with E-state index in [0.717, 1.165) is 10.7 Å². The van der Waals surface area contributed by atoms with Gasteiger partial charge < -0.3 is 15.7 Å². The van der Waals surface area contributed by atoms with Crippen molar-refractivity contribution in [2.45, 2.75) is 40.7 Å². The van der Waals surface area contributed by atoms with Gasteiger partial charge in [-0.2, -0.15) is 0 Å². The molecular formula is C14H23N3O3S. The molecule has 0 saturated heterocycles. The fraction of sp³-hybridized carbons (Fsp3) is 0.643. The van der Waals surface area contributed by atoms with E-state index in [9.17, 15) is 14.7 Å². The molecule has 1 aromatic heterocycles. The van der Waals surface area contributed by atoms with Gasteiger partial charge in [0.1, 0.15) is 5.01 Å². The van der Waals surface area contributed by atoms with Crippen LogP contribution in [0.2, 0.25) is 0 Å². The number of carbonyl (C=O) groups excluding carboxylic acids is 1. The summed E-state index contributed by atoms with van der Waals surface area (Å²) in [6.45, 7) is 8.30. The highest BCUT2D eigenvalue weighted by atomic mass is 32.1. The molecule has 0 radical (unpaired) electrons. The molecule has 0 fully saturated rings. The predicted octanol–water partition coefficient (Wildman–Crippen LogP) is 2.39. The number of rotatable bonds is 6. The van der Waals surface area contributed by atoms with Crippen molar-refractivity contribution < 1.29 is 14.7 Å². The van der Waals surface area contributed by atoms with Gasteiger partial charge in [0.15, 0.2) is 0 Å². The standard InChI is InChI=1S/C14H23N3O3S/c1-9-8-21-11(17-9)7-16-13(20)15-6-10(12(18)19)5-14(2,3)4/h8,10H,5-7H2,1-4H3,(H,18,19)(H2,15,16,20). The van der Waals surface area contributed by atoms with Gasteiger partial charge >= 0.3 is 12.0 Å². The number of thiazole rings is 1. The molecule has 0 aliphatic rings.